The second-order valence-electron chi connectivity index (χ2n) is 5.45. The molecule has 3 atom stereocenters. The summed E-state index contributed by atoms with van der Waals surface area (Å²) in [6.45, 7) is 6.15. The lowest BCUT2D eigenvalue weighted by Crippen LogP contribution is -2.49. The third kappa shape index (κ3) is 3.78. The molecule has 3 unspecified atom stereocenters. The Morgan fingerprint density at radius 1 is 1.19 bits per heavy atom. The quantitative estimate of drug-likeness (QED) is 0.724. The number of carbonyl (C=O) groups excluding carboxylic acids is 1. The maximum absolute atomic E-state index is 11.9. The number of carbonyl (C=O) groups is 1. The van der Waals surface area contributed by atoms with Crippen molar-refractivity contribution in [1.82, 2.24) is 5.32 Å². The van der Waals surface area contributed by atoms with Gasteiger partial charge in [-0.25, -0.2) is 0 Å². The van der Waals surface area contributed by atoms with E-state index in [0.29, 0.717) is 5.92 Å². The molecule has 1 aliphatic carbocycles. The van der Waals surface area contributed by atoms with Crippen molar-refractivity contribution in [3.63, 3.8) is 0 Å². The molecule has 3 N–H and O–H groups in total. The third-order valence-electron chi connectivity index (χ3n) is 3.81. The summed E-state index contributed by atoms with van der Waals surface area (Å²) >= 11 is 0. The maximum Gasteiger partial charge on any atom is 0.223 e. The smallest absolute Gasteiger partial charge is 0.223 e. The van der Waals surface area contributed by atoms with Crippen molar-refractivity contribution in [3.05, 3.63) is 0 Å². The van der Waals surface area contributed by atoms with E-state index in [9.17, 15) is 4.79 Å². The van der Waals surface area contributed by atoms with Gasteiger partial charge in [0.1, 0.15) is 0 Å². The predicted molar refractivity (Wildman–Crippen MR) is 67.0 cm³/mol. The minimum absolute atomic E-state index is 0.0791. The summed E-state index contributed by atoms with van der Waals surface area (Å²) in [5.41, 5.74) is 6.09. The molecule has 0 radical (unpaired) electrons. The summed E-state index contributed by atoms with van der Waals surface area (Å²) in [5.74, 6) is 0.634. The molecule has 0 aromatic heterocycles. The molecule has 0 heterocycles. The fourth-order valence-electron chi connectivity index (χ4n) is 2.13. The number of nitrogens with two attached hydrogens (primary N) is 1. The van der Waals surface area contributed by atoms with Crippen molar-refractivity contribution >= 4 is 5.91 Å². The minimum atomic E-state index is 0.0791. The summed E-state index contributed by atoms with van der Waals surface area (Å²) in [6, 6.07) is 0.335. The van der Waals surface area contributed by atoms with Crippen molar-refractivity contribution in [2.75, 3.05) is 0 Å². The molecule has 0 spiro atoms. The highest BCUT2D eigenvalue weighted by atomic mass is 16.1. The fourth-order valence-corrected chi connectivity index (χ4v) is 2.13. The Morgan fingerprint density at radius 3 is 2.44 bits per heavy atom. The van der Waals surface area contributed by atoms with Gasteiger partial charge < -0.3 is 11.1 Å². The van der Waals surface area contributed by atoms with Gasteiger partial charge >= 0.3 is 0 Å². The van der Waals surface area contributed by atoms with Crippen molar-refractivity contribution in [1.29, 1.82) is 0 Å². The van der Waals surface area contributed by atoms with E-state index in [2.05, 4.69) is 19.2 Å². The first-order chi connectivity index (χ1) is 7.52. The van der Waals surface area contributed by atoms with Crippen molar-refractivity contribution in [2.45, 2.75) is 65.0 Å². The van der Waals surface area contributed by atoms with Gasteiger partial charge in [0.25, 0.3) is 0 Å². The van der Waals surface area contributed by atoms with Crippen LogP contribution in [0.25, 0.3) is 0 Å². The number of nitrogens with one attached hydrogen (secondary N) is 1. The first-order valence-electron chi connectivity index (χ1n) is 6.58. The average Bonchev–Trinajstić information content (AvgIpc) is 2.43. The van der Waals surface area contributed by atoms with Crippen LogP contribution in [0.2, 0.25) is 0 Å². The van der Waals surface area contributed by atoms with Gasteiger partial charge in [-0.05, 0) is 18.8 Å². The molecule has 16 heavy (non-hydrogen) atoms. The van der Waals surface area contributed by atoms with Crippen molar-refractivity contribution < 1.29 is 4.79 Å². The predicted octanol–water partition coefficient (Wildman–Crippen LogP) is 2.05. The van der Waals surface area contributed by atoms with Crippen LogP contribution in [-0.4, -0.2) is 18.0 Å². The van der Waals surface area contributed by atoms with Gasteiger partial charge in [0, 0.05) is 18.0 Å². The van der Waals surface area contributed by atoms with Crippen LogP contribution < -0.4 is 11.1 Å². The molecule has 1 rings (SSSR count). The second-order valence-corrected chi connectivity index (χ2v) is 5.45. The molecule has 1 saturated carbocycles. The van der Waals surface area contributed by atoms with Crippen LogP contribution in [0.5, 0.6) is 0 Å². The molecule has 1 amide bonds. The van der Waals surface area contributed by atoms with E-state index in [0.717, 1.165) is 12.8 Å². The average molecular weight is 226 g/mol. The highest BCUT2D eigenvalue weighted by Crippen LogP contribution is 2.18. The normalized spacial score (nSPS) is 28.6. The molecule has 0 aromatic carbocycles. The highest BCUT2D eigenvalue weighted by molar-refractivity contribution is 5.78. The summed E-state index contributed by atoms with van der Waals surface area (Å²) in [7, 11) is 0. The van der Waals surface area contributed by atoms with Crippen molar-refractivity contribution in [3.8, 4) is 0 Å². The Kier molecular flexibility index (Phi) is 5.26. The van der Waals surface area contributed by atoms with Gasteiger partial charge in [-0.3, -0.25) is 4.79 Å². The molecular formula is C13H26N2O. The van der Waals surface area contributed by atoms with Gasteiger partial charge in [-0.2, -0.15) is 0 Å². The van der Waals surface area contributed by atoms with Crippen LogP contribution in [-0.2, 0) is 4.79 Å². The van der Waals surface area contributed by atoms with Crippen LogP contribution in [0.4, 0.5) is 0 Å². The standard InChI is InChI=1S/C13H26N2O/c1-9(2)10(3)13(16)15-12-8-6-4-5-7-11(12)14/h9-12H,4-8,14H2,1-3H3,(H,15,16). The Balaban J connectivity index is 2.48. The van der Waals surface area contributed by atoms with E-state index in [-0.39, 0.29) is 23.9 Å². The topological polar surface area (TPSA) is 55.1 Å². The lowest BCUT2D eigenvalue weighted by atomic mass is 9.95. The highest BCUT2D eigenvalue weighted by Gasteiger charge is 2.25. The third-order valence-corrected chi connectivity index (χ3v) is 3.81. The van der Waals surface area contributed by atoms with Crippen LogP contribution in [0.3, 0.4) is 0 Å². The lowest BCUT2D eigenvalue weighted by Gasteiger charge is -2.25. The molecule has 94 valence electrons. The Morgan fingerprint density at radius 2 is 1.81 bits per heavy atom. The van der Waals surface area contributed by atoms with Gasteiger partial charge in [-0.1, -0.05) is 40.0 Å². The Bertz CT molecular complexity index is 228. The summed E-state index contributed by atoms with van der Waals surface area (Å²) < 4.78 is 0. The number of hydrogen-bond acceptors (Lipinski definition) is 2. The van der Waals surface area contributed by atoms with Crippen molar-refractivity contribution in [2.24, 2.45) is 17.6 Å². The number of rotatable bonds is 3. The molecule has 1 fully saturated rings. The molecule has 0 aromatic rings. The molecule has 3 heteroatoms. The van der Waals surface area contributed by atoms with Crippen LogP contribution in [0.15, 0.2) is 0 Å². The van der Waals surface area contributed by atoms with E-state index in [4.69, 9.17) is 5.73 Å². The maximum atomic E-state index is 11.9. The first kappa shape index (κ1) is 13.5. The first-order valence-corrected chi connectivity index (χ1v) is 6.58. The SMILES string of the molecule is CC(C)C(C)C(=O)NC1CCCCCC1N. The van der Waals surface area contributed by atoms with Gasteiger partial charge in [0.15, 0.2) is 0 Å². The van der Waals surface area contributed by atoms with E-state index in [1.807, 2.05) is 6.92 Å². The van der Waals surface area contributed by atoms with E-state index in [1.165, 1.54) is 19.3 Å². The fraction of sp³-hybridized carbons (Fsp3) is 0.923. The lowest BCUT2D eigenvalue weighted by molar-refractivity contribution is -0.126. The number of amides is 1. The molecular weight excluding hydrogens is 200 g/mol. The van der Waals surface area contributed by atoms with Crippen LogP contribution in [0, 0.1) is 11.8 Å². The zero-order valence-electron chi connectivity index (χ0n) is 10.8. The summed E-state index contributed by atoms with van der Waals surface area (Å²) in [6.07, 6.45) is 5.72. The van der Waals surface area contributed by atoms with E-state index < -0.39 is 0 Å². The van der Waals surface area contributed by atoms with E-state index >= 15 is 0 Å². The van der Waals surface area contributed by atoms with E-state index in [1.54, 1.807) is 0 Å². The van der Waals surface area contributed by atoms with Crippen LogP contribution >= 0.6 is 0 Å². The Labute approximate surface area is 99.2 Å². The monoisotopic (exact) mass is 226 g/mol. The molecule has 0 saturated heterocycles. The summed E-state index contributed by atoms with van der Waals surface area (Å²) in [5, 5.41) is 3.13. The second kappa shape index (κ2) is 6.24. The van der Waals surface area contributed by atoms with Gasteiger partial charge in [0.05, 0.1) is 0 Å². The molecule has 1 aliphatic rings. The zero-order chi connectivity index (χ0) is 12.1. The zero-order valence-corrected chi connectivity index (χ0v) is 10.8. The summed E-state index contributed by atoms with van der Waals surface area (Å²) in [4.78, 5) is 11.9. The molecule has 0 bridgehead atoms. The largest absolute Gasteiger partial charge is 0.352 e. The van der Waals surface area contributed by atoms with Crippen LogP contribution in [0.1, 0.15) is 52.9 Å². The molecule has 3 nitrogen and oxygen atoms in total. The van der Waals surface area contributed by atoms with Gasteiger partial charge in [0.2, 0.25) is 5.91 Å². The molecule has 0 aliphatic heterocycles. The minimum Gasteiger partial charge on any atom is -0.352 e. The Hall–Kier alpha value is -0.570. The van der Waals surface area contributed by atoms with Gasteiger partial charge in [-0.15, -0.1) is 0 Å². The number of hydrogen-bond donors (Lipinski definition) is 2.